The molecule has 0 spiro atoms. The fourth-order valence-electron chi connectivity index (χ4n) is 2.10. The van der Waals surface area contributed by atoms with Crippen molar-refractivity contribution in [2.24, 2.45) is 5.73 Å². The Balaban J connectivity index is 2.11. The van der Waals surface area contributed by atoms with Gasteiger partial charge in [0.1, 0.15) is 0 Å². The van der Waals surface area contributed by atoms with E-state index in [9.17, 15) is 4.79 Å². The maximum absolute atomic E-state index is 12.0. The number of nitrogens with two attached hydrogens (primary N) is 1. The van der Waals surface area contributed by atoms with Crippen LogP contribution in [-0.2, 0) is 6.54 Å². The third kappa shape index (κ3) is 3.36. The Kier molecular flexibility index (Phi) is 4.38. The normalized spacial score (nSPS) is 10.2. The Morgan fingerprint density at radius 2 is 1.85 bits per heavy atom. The van der Waals surface area contributed by atoms with E-state index in [1.54, 1.807) is 0 Å². The van der Waals surface area contributed by atoms with Crippen LogP contribution in [0.15, 0.2) is 42.5 Å². The maximum atomic E-state index is 12.0. The van der Waals surface area contributed by atoms with Gasteiger partial charge in [-0.2, -0.15) is 0 Å². The molecule has 0 bridgehead atoms. The lowest BCUT2D eigenvalue weighted by Gasteiger charge is -2.13. The summed E-state index contributed by atoms with van der Waals surface area (Å²) in [5.74, 6) is 0. The van der Waals surface area contributed by atoms with Crippen LogP contribution in [-0.4, -0.2) is 6.03 Å². The number of hydrogen-bond donors (Lipinski definition) is 3. The summed E-state index contributed by atoms with van der Waals surface area (Å²) >= 11 is 0. The summed E-state index contributed by atoms with van der Waals surface area (Å²) in [5.41, 5.74) is 10.4. The van der Waals surface area contributed by atoms with Gasteiger partial charge >= 0.3 is 6.03 Å². The summed E-state index contributed by atoms with van der Waals surface area (Å²) in [4.78, 5) is 12.0. The SMILES string of the molecule is Cc1cccc(NC(=O)Nc2cccc(C)c2CN)c1. The van der Waals surface area contributed by atoms with Crippen molar-refractivity contribution >= 4 is 17.4 Å². The average Bonchev–Trinajstić information content (AvgIpc) is 2.38. The van der Waals surface area contributed by atoms with E-state index < -0.39 is 0 Å². The molecule has 4 heteroatoms. The van der Waals surface area contributed by atoms with Gasteiger partial charge < -0.3 is 16.4 Å². The van der Waals surface area contributed by atoms with E-state index in [0.29, 0.717) is 6.54 Å². The van der Waals surface area contributed by atoms with Gasteiger partial charge in [-0.3, -0.25) is 0 Å². The highest BCUT2D eigenvalue weighted by molar-refractivity contribution is 6.00. The quantitative estimate of drug-likeness (QED) is 0.799. The molecule has 0 aliphatic carbocycles. The zero-order valence-corrected chi connectivity index (χ0v) is 11.7. The van der Waals surface area contributed by atoms with E-state index in [2.05, 4.69) is 10.6 Å². The molecule has 0 unspecified atom stereocenters. The summed E-state index contributed by atoms with van der Waals surface area (Å²) in [7, 11) is 0. The molecule has 2 aromatic rings. The Morgan fingerprint density at radius 3 is 2.55 bits per heavy atom. The monoisotopic (exact) mass is 269 g/mol. The second kappa shape index (κ2) is 6.21. The minimum Gasteiger partial charge on any atom is -0.326 e. The standard InChI is InChI=1S/C16H19N3O/c1-11-5-3-7-13(9-11)18-16(20)19-15-8-4-6-12(2)14(15)10-17/h3-9H,10,17H2,1-2H3,(H2,18,19,20). The molecular weight excluding hydrogens is 250 g/mol. The fourth-order valence-corrected chi connectivity index (χ4v) is 2.10. The summed E-state index contributed by atoms with van der Waals surface area (Å²) in [6.45, 7) is 4.36. The molecule has 0 fully saturated rings. The molecular formula is C16H19N3O. The second-order valence-corrected chi connectivity index (χ2v) is 4.75. The van der Waals surface area contributed by atoms with Crippen LogP contribution in [0, 0.1) is 13.8 Å². The highest BCUT2D eigenvalue weighted by Gasteiger charge is 2.08. The van der Waals surface area contributed by atoms with Crippen LogP contribution >= 0.6 is 0 Å². The topological polar surface area (TPSA) is 67.2 Å². The number of anilines is 2. The summed E-state index contributed by atoms with van der Waals surface area (Å²) in [6.07, 6.45) is 0. The minimum absolute atomic E-state index is 0.268. The molecule has 0 heterocycles. The van der Waals surface area contributed by atoms with Crippen LogP contribution in [0.25, 0.3) is 0 Å². The van der Waals surface area contributed by atoms with E-state index in [1.807, 2.05) is 56.3 Å². The Hall–Kier alpha value is -2.33. The summed E-state index contributed by atoms with van der Waals surface area (Å²) in [5, 5.41) is 5.65. The Bertz CT molecular complexity index is 623. The van der Waals surface area contributed by atoms with Crippen molar-refractivity contribution in [1.29, 1.82) is 0 Å². The zero-order valence-electron chi connectivity index (χ0n) is 11.7. The molecule has 2 amide bonds. The molecule has 0 radical (unpaired) electrons. The number of carbonyl (C=O) groups excluding carboxylic acids is 1. The number of aryl methyl sites for hydroxylation is 2. The van der Waals surface area contributed by atoms with E-state index in [1.165, 1.54) is 0 Å². The number of amides is 2. The molecule has 2 aromatic carbocycles. The lowest BCUT2D eigenvalue weighted by molar-refractivity contribution is 0.262. The zero-order chi connectivity index (χ0) is 14.5. The molecule has 0 aliphatic rings. The molecule has 4 N–H and O–H groups in total. The molecule has 20 heavy (non-hydrogen) atoms. The fraction of sp³-hybridized carbons (Fsp3) is 0.188. The van der Waals surface area contributed by atoms with Gasteiger partial charge in [0.05, 0.1) is 0 Å². The molecule has 0 saturated heterocycles. The summed E-state index contributed by atoms with van der Waals surface area (Å²) in [6, 6.07) is 13.1. The largest absolute Gasteiger partial charge is 0.326 e. The number of rotatable bonds is 3. The molecule has 0 aliphatic heterocycles. The first-order valence-electron chi connectivity index (χ1n) is 6.53. The summed E-state index contributed by atoms with van der Waals surface area (Å²) < 4.78 is 0. The van der Waals surface area contributed by atoms with Crippen molar-refractivity contribution in [2.45, 2.75) is 20.4 Å². The smallest absolute Gasteiger partial charge is 0.323 e. The number of hydrogen-bond acceptors (Lipinski definition) is 2. The lowest BCUT2D eigenvalue weighted by atomic mass is 10.1. The second-order valence-electron chi connectivity index (χ2n) is 4.75. The first-order valence-corrected chi connectivity index (χ1v) is 6.53. The number of urea groups is 1. The van der Waals surface area contributed by atoms with Crippen molar-refractivity contribution in [1.82, 2.24) is 0 Å². The van der Waals surface area contributed by atoms with Crippen molar-refractivity contribution < 1.29 is 4.79 Å². The highest BCUT2D eigenvalue weighted by atomic mass is 16.2. The van der Waals surface area contributed by atoms with E-state index >= 15 is 0 Å². The maximum Gasteiger partial charge on any atom is 0.323 e. The van der Waals surface area contributed by atoms with E-state index in [4.69, 9.17) is 5.73 Å². The van der Waals surface area contributed by atoms with Crippen molar-refractivity contribution in [2.75, 3.05) is 10.6 Å². The van der Waals surface area contributed by atoms with Gasteiger partial charge in [0.25, 0.3) is 0 Å². The van der Waals surface area contributed by atoms with Crippen LogP contribution in [0.5, 0.6) is 0 Å². The van der Waals surface area contributed by atoms with Crippen molar-refractivity contribution in [3.63, 3.8) is 0 Å². The van der Waals surface area contributed by atoms with Gasteiger partial charge in [0.15, 0.2) is 0 Å². The van der Waals surface area contributed by atoms with Gasteiger partial charge in [-0.25, -0.2) is 4.79 Å². The molecule has 0 atom stereocenters. The molecule has 2 rings (SSSR count). The third-order valence-electron chi connectivity index (χ3n) is 3.14. The Labute approximate surface area is 119 Å². The van der Waals surface area contributed by atoms with Gasteiger partial charge in [-0.1, -0.05) is 24.3 Å². The number of benzene rings is 2. The highest BCUT2D eigenvalue weighted by Crippen LogP contribution is 2.19. The van der Waals surface area contributed by atoms with Crippen LogP contribution in [0.1, 0.15) is 16.7 Å². The van der Waals surface area contributed by atoms with Crippen LogP contribution in [0.2, 0.25) is 0 Å². The van der Waals surface area contributed by atoms with Gasteiger partial charge in [0, 0.05) is 17.9 Å². The van der Waals surface area contributed by atoms with Crippen LogP contribution in [0.3, 0.4) is 0 Å². The number of carbonyl (C=O) groups is 1. The minimum atomic E-state index is -0.268. The predicted octanol–water partition coefficient (Wildman–Crippen LogP) is 3.41. The Morgan fingerprint density at radius 1 is 1.10 bits per heavy atom. The first kappa shape index (κ1) is 14.1. The van der Waals surface area contributed by atoms with E-state index in [0.717, 1.165) is 28.1 Å². The molecule has 104 valence electrons. The molecule has 0 saturated carbocycles. The van der Waals surface area contributed by atoms with Crippen LogP contribution in [0.4, 0.5) is 16.2 Å². The predicted molar refractivity (Wildman–Crippen MR) is 82.9 cm³/mol. The number of nitrogens with one attached hydrogen (secondary N) is 2. The van der Waals surface area contributed by atoms with Crippen molar-refractivity contribution in [3.8, 4) is 0 Å². The first-order chi connectivity index (χ1) is 9.60. The average molecular weight is 269 g/mol. The third-order valence-corrected chi connectivity index (χ3v) is 3.14. The van der Waals surface area contributed by atoms with Crippen molar-refractivity contribution in [3.05, 3.63) is 59.2 Å². The van der Waals surface area contributed by atoms with E-state index in [-0.39, 0.29) is 6.03 Å². The van der Waals surface area contributed by atoms with Gasteiger partial charge in [-0.05, 0) is 48.7 Å². The molecule has 4 nitrogen and oxygen atoms in total. The van der Waals surface area contributed by atoms with Crippen LogP contribution < -0.4 is 16.4 Å². The van der Waals surface area contributed by atoms with Gasteiger partial charge in [-0.15, -0.1) is 0 Å². The molecule has 0 aromatic heterocycles. The van der Waals surface area contributed by atoms with Gasteiger partial charge in [0.2, 0.25) is 0 Å². The lowest BCUT2D eigenvalue weighted by Crippen LogP contribution is -2.21.